The van der Waals surface area contributed by atoms with Gasteiger partial charge in [-0.25, -0.2) is 4.79 Å². The van der Waals surface area contributed by atoms with Gasteiger partial charge in [-0.15, -0.1) is 11.6 Å². The molecule has 0 aromatic carbocycles. The van der Waals surface area contributed by atoms with Crippen LogP contribution in [-0.4, -0.2) is 41.1 Å². The third kappa shape index (κ3) is 4.59. The second kappa shape index (κ2) is 8.73. The van der Waals surface area contributed by atoms with Gasteiger partial charge in [-0.1, -0.05) is 13.3 Å². The maximum atomic E-state index is 12.3. The fourth-order valence-electron chi connectivity index (χ4n) is 2.11. The van der Waals surface area contributed by atoms with Gasteiger partial charge in [-0.2, -0.15) is 0 Å². The average Bonchev–Trinajstić information content (AvgIpc) is 2.49. The van der Waals surface area contributed by atoms with Crippen molar-refractivity contribution in [2.75, 3.05) is 30.9 Å². The van der Waals surface area contributed by atoms with Gasteiger partial charge in [0.1, 0.15) is 11.2 Å². The molecule has 130 valence electrons. The van der Waals surface area contributed by atoms with Crippen molar-refractivity contribution in [3.8, 4) is 0 Å². The number of nitrogens with two attached hydrogens (primary N) is 1. The quantitative estimate of drug-likeness (QED) is 0.667. The second-order valence-electron chi connectivity index (χ2n) is 5.10. The van der Waals surface area contributed by atoms with Crippen molar-refractivity contribution < 1.29 is 9.53 Å². The van der Waals surface area contributed by atoms with Gasteiger partial charge in [-0.3, -0.25) is 19.1 Å². The molecule has 1 rings (SSSR count). The molecule has 0 aliphatic rings. The number of halogens is 1. The Morgan fingerprint density at radius 1 is 1.48 bits per heavy atom. The van der Waals surface area contributed by atoms with E-state index >= 15 is 0 Å². The fourth-order valence-corrected chi connectivity index (χ4v) is 2.22. The first-order chi connectivity index (χ1) is 10.8. The number of ether oxygens (including phenoxy) is 1. The van der Waals surface area contributed by atoms with Crippen LogP contribution in [0.15, 0.2) is 9.59 Å². The third-order valence-electron chi connectivity index (χ3n) is 3.34. The highest BCUT2D eigenvalue weighted by atomic mass is 35.5. The molecule has 0 aliphatic carbocycles. The topological polar surface area (TPSA) is 110 Å². The summed E-state index contributed by atoms with van der Waals surface area (Å²) in [5.41, 5.74) is 4.61. The first kappa shape index (κ1) is 19.2. The van der Waals surface area contributed by atoms with E-state index in [2.05, 4.69) is 4.98 Å². The SMILES string of the molecule is CCCCn1c(N)c(N(CCOC)C(=O)C(C)Cl)c(=O)[nH]c1=O. The average molecular weight is 347 g/mol. The van der Waals surface area contributed by atoms with Crippen LogP contribution in [0, 0.1) is 0 Å². The molecule has 0 radical (unpaired) electrons. The summed E-state index contributed by atoms with van der Waals surface area (Å²) in [5.74, 6) is -0.532. The summed E-state index contributed by atoms with van der Waals surface area (Å²) in [6.45, 7) is 4.13. The zero-order valence-corrected chi connectivity index (χ0v) is 14.4. The van der Waals surface area contributed by atoms with E-state index in [4.69, 9.17) is 22.1 Å². The molecule has 1 atom stereocenters. The summed E-state index contributed by atoms with van der Waals surface area (Å²) in [6.07, 6.45) is 1.57. The molecule has 0 aliphatic heterocycles. The van der Waals surface area contributed by atoms with Crippen LogP contribution in [-0.2, 0) is 16.1 Å². The molecular weight excluding hydrogens is 324 g/mol. The van der Waals surface area contributed by atoms with Crippen molar-refractivity contribution in [1.29, 1.82) is 0 Å². The number of hydrogen-bond donors (Lipinski definition) is 2. The smallest absolute Gasteiger partial charge is 0.330 e. The Hall–Kier alpha value is -1.80. The molecule has 1 heterocycles. The largest absolute Gasteiger partial charge is 0.383 e. The van der Waals surface area contributed by atoms with Crippen molar-refractivity contribution >= 4 is 29.0 Å². The van der Waals surface area contributed by atoms with Crippen LogP contribution in [0.2, 0.25) is 0 Å². The van der Waals surface area contributed by atoms with E-state index in [-0.39, 0.29) is 24.7 Å². The Kier molecular flexibility index (Phi) is 7.31. The number of nitrogens with zero attached hydrogens (tertiary/aromatic N) is 2. The van der Waals surface area contributed by atoms with E-state index in [1.165, 1.54) is 18.6 Å². The summed E-state index contributed by atoms with van der Waals surface area (Å²) in [7, 11) is 1.47. The number of aromatic nitrogens is 2. The number of methoxy groups -OCH3 is 1. The summed E-state index contributed by atoms with van der Waals surface area (Å²) in [4.78, 5) is 39.8. The minimum absolute atomic E-state index is 0.0473. The van der Waals surface area contributed by atoms with Gasteiger partial charge in [-0.05, 0) is 13.3 Å². The number of hydrogen-bond acceptors (Lipinski definition) is 5. The third-order valence-corrected chi connectivity index (χ3v) is 3.53. The Morgan fingerprint density at radius 2 is 2.13 bits per heavy atom. The summed E-state index contributed by atoms with van der Waals surface area (Å²) in [6, 6.07) is 0. The van der Waals surface area contributed by atoms with Gasteiger partial charge in [0.25, 0.3) is 5.56 Å². The molecule has 3 N–H and O–H groups in total. The zero-order valence-electron chi connectivity index (χ0n) is 13.6. The number of alkyl halides is 1. The Bertz CT molecular complexity index is 653. The van der Waals surface area contributed by atoms with E-state index in [9.17, 15) is 14.4 Å². The Morgan fingerprint density at radius 3 is 2.65 bits per heavy atom. The van der Waals surface area contributed by atoms with Gasteiger partial charge in [0, 0.05) is 20.2 Å². The van der Waals surface area contributed by atoms with Crippen LogP contribution in [0.5, 0.6) is 0 Å². The number of amides is 1. The van der Waals surface area contributed by atoms with Crippen LogP contribution >= 0.6 is 11.6 Å². The van der Waals surface area contributed by atoms with Crippen molar-refractivity contribution in [1.82, 2.24) is 9.55 Å². The number of unbranched alkanes of at least 4 members (excludes halogenated alkanes) is 1. The second-order valence-corrected chi connectivity index (χ2v) is 5.75. The molecule has 1 unspecified atom stereocenters. The van der Waals surface area contributed by atoms with Crippen molar-refractivity contribution in [3.63, 3.8) is 0 Å². The predicted octanol–water partition coefficient (Wildman–Crippen LogP) is 0.526. The monoisotopic (exact) mass is 346 g/mol. The van der Waals surface area contributed by atoms with E-state index in [0.29, 0.717) is 13.0 Å². The molecule has 23 heavy (non-hydrogen) atoms. The number of carbonyl (C=O) groups is 1. The predicted molar refractivity (Wildman–Crippen MR) is 90.2 cm³/mol. The molecule has 1 aromatic rings. The lowest BCUT2D eigenvalue weighted by Gasteiger charge is -2.25. The van der Waals surface area contributed by atoms with Gasteiger partial charge >= 0.3 is 5.69 Å². The maximum absolute atomic E-state index is 12.3. The number of nitrogen functional groups attached to an aromatic ring is 1. The first-order valence-electron chi connectivity index (χ1n) is 7.42. The lowest BCUT2D eigenvalue weighted by atomic mass is 10.3. The van der Waals surface area contributed by atoms with Crippen molar-refractivity contribution in [2.24, 2.45) is 0 Å². The lowest BCUT2D eigenvalue weighted by Crippen LogP contribution is -2.44. The lowest BCUT2D eigenvalue weighted by molar-refractivity contribution is -0.118. The van der Waals surface area contributed by atoms with Gasteiger partial charge in [0.2, 0.25) is 5.91 Å². The van der Waals surface area contributed by atoms with Gasteiger partial charge in [0.15, 0.2) is 5.69 Å². The molecular formula is C14H23ClN4O4. The van der Waals surface area contributed by atoms with E-state index in [0.717, 1.165) is 11.3 Å². The Labute approximate surface area is 139 Å². The summed E-state index contributed by atoms with van der Waals surface area (Å²) < 4.78 is 6.22. The van der Waals surface area contributed by atoms with Gasteiger partial charge < -0.3 is 15.4 Å². The molecule has 0 saturated heterocycles. The number of nitrogens with one attached hydrogen (secondary N) is 1. The highest BCUT2D eigenvalue weighted by Gasteiger charge is 2.26. The summed E-state index contributed by atoms with van der Waals surface area (Å²) >= 11 is 5.86. The molecule has 8 nitrogen and oxygen atoms in total. The van der Waals surface area contributed by atoms with E-state index in [1.807, 2.05) is 6.92 Å². The summed E-state index contributed by atoms with van der Waals surface area (Å²) in [5, 5.41) is -0.846. The van der Waals surface area contributed by atoms with Crippen LogP contribution in [0.3, 0.4) is 0 Å². The first-order valence-corrected chi connectivity index (χ1v) is 7.85. The molecule has 0 fully saturated rings. The number of rotatable bonds is 8. The highest BCUT2D eigenvalue weighted by molar-refractivity contribution is 6.32. The molecule has 0 bridgehead atoms. The van der Waals surface area contributed by atoms with Crippen LogP contribution in [0.4, 0.5) is 11.5 Å². The van der Waals surface area contributed by atoms with Crippen LogP contribution in [0.1, 0.15) is 26.7 Å². The van der Waals surface area contributed by atoms with Gasteiger partial charge in [0.05, 0.1) is 6.61 Å². The molecule has 1 amide bonds. The van der Waals surface area contributed by atoms with E-state index < -0.39 is 22.5 Å². The normalized spacial score (nSPS) is 12.2. The minimum Gasteiger partial charge on any atom is -0.383 e. The van der Waals surface area contributed by atoms with Crippen molar-refractivity contribution in [3.05, 3.63) is 20.8 Å². The number of anilines is 2. The fraction of sp³-hybridized carbons (Fsp3) is 0.643. The molecule has 9 heteroatoms. The maximum Gasteiger partial charge on any atom is 0.330 e. The highest BCUT2D eigenvalue weighted by Crippen LogP contribution is 2.19. The number of H-pyrrole nitrogens is 1. The molecule has 1 aromatic heterocycles. The molecule has 0 saturated carbocycles. The molecule has 0 spiro atoms. The van der Waals surface area contributed by atoms with Crippen LogP contribution < -0.4 is 21.9 Å². The zero-order chi connectivity index (χ0) is 17.6. The van der Waals surface area contributed by atoms with Crippen molar-refractivity contribution in [2.45, 2.75) is 38.6 Å². The van der Waals surface area contributed by atoms with Crippen LogP contribution in [0.25, 0.3) is 0 Å². The standard InChI is InChI=1S/C14H23ClN4O4/c1-4-5-6-19-11(16)10(12(20)17-14(19)22)18(7-8-23-3)13(21)9(2)15/h9H,4-8,16H2,1-3H3,(H,17,20,22). The number of aromatic amines is 1. The van der Waals surface area contributed by atoms with E-state index in [1.54, 1.807) is 0 Å². The number of carbonyl (C=O) groups excluding carboxylic acids is 1. The minimum atomic E-state index is -0.846. The Balaban J connectivity index is 3.43.